The van der Waals surface area contributed by atoms with E-state index in [1.807, 2.05) is 6.07 Å². The van der Waals surface area contributed by atoms with Gasteiger partial charge in [-0.05, 0) is 42.3 Å². The van der Waals surface area contributed by atoms with Crippen molar-refractivity contribution in [3.05, 3.63) is 75.4 Å². The SMILES string of the molecule is C=C(O)CCc1ccc(Cl)c(Cl)c1.Oc1cccc(Cl)c1. The van der Waals surface area contributed by atoms with E-state index in [2.05, 4.69) is 6.58 Å². The van der Waals surface area contributed by atoms with Crippen LogP contribution in [-0.4, -0.2) is 10.2 Å². The average molecular weight is 346 g/mol. The maximum absolute atomic E-state index is 8.88. The minimum absolute atomic E-state index is 0.186. The largest absolute Gasteiger partial charge is 0.513 e. The van der Waals surface area contributed by atoms with Gasteiger partial charge in [-0.15, -0.1) is 0 Å². The first-order chi connectivity index (χ1) is 9.88. The van der Waals surface area contributed by atoms with E-state index in [1.165, 1.54) is 6.07 Å². The van der Waals surface area contributed by atoms with Gasteiger partial charge in [0.05, 0.1) is 15.8 Å². The summed E-state index contributed by atoms with van der Waals surface area (Å²) < 4.78 is 0. The molecule has 21 heavy (non-hydrogen) atoms. The van der Waals surface area contributed by atoms with Gasteiger partial charge in [0.1, 0.15) is 5.75 Å². The summed E-state index contributed by atoms with van der Waals surface area (Å²) in [7, 11) is 0. The van der Waals surface area contributed by atoms with Crippen molar-refractivity contribution in [3.63, 3.8) is 0 Å². The van der Waals surface area contributed by atoms with Crippen LogP contribution in [0, 0.1) is 0 Å². The highest BCUT2D eigenvalue weighted by Gasteiger charge is 1.99. The number of benzene rings is 2. The van der Waals surface area contributed by atoms with Gasteiger partial charge in [-0.2, -0.15) is 0 Å². The number of rotatable bonds is 3. The molecule has 112 valence electrons. The monoisotopic (exact) mass is 344 g/mol. The molecule has 2 N–H and O–H groups in total. The lowest BCUT2D eigenvalue weighted by Gasteiger charge is -2.02. The summed E-state index contributed by atoms with van der Waals surface area (Å²) in [6.07, 6.45) is 1.28. The molecular formula is C16H15Cl3O2. The van der Waals surface area contributed by atoms with E-state index in [1.54, 1.807) is 30.3 Å². The van der Waals surface area contributed by atoms with Gasteiger partial charge in [0, 0.05) is 11.4 Å². The molecule has 0 fully saturated rings. The summed E-state index contributed by atoms with van der Waals surface area (Å²) in [6, 6.07) is 11.9. The van der Waals surface area contributed by atoms with Gasteiger partial charge in [0.25, 0.3) is 0 Å². The van der Waals surface area contributed by atoms with Gasteiger partial charge >= 0.3 is 0 Å². The molecule has 0 amide bonds. The first kappa shape index (κ1) is 17.7. The average Bonchev–Trinajstić information content (AvgIpc) is 2.40. The molecule has 0 bridgehead atoms. The highest BCUT2D eigenvalue weighted by atomic mass is 35.5. The van der Waals surface area contributed by atoms with Crippen molar-refractivity contribution in [1.29, 1.82) is 0 Å². The van der Waals surface area contributed by atoms with E-state index >= 15 is 0 Å². The predicted octanol–water partition coefficient (Wildman–Crippen LogP) is 6.04. The van der Waals surface area contributed by atoms with Crippen molar-refractivity contribution in [1.82, 2.24) is 0 Å². The summed E-state index contributed by atoms with van der Waals surface area (Å²) in [6.45, 7) is 3.41. The Balaban J connectivity index is 0.000000235. The van der Waals surface area contributed by atoms with Gasteiger partial charge in [-0.1, -0.05) is 53.5 Å². The Labute approximate surface area is 139 Å². The van der Waals surface area contributed by atoms with Crippen LogP contribution in [0.25, 0.3) is 0 Å². The highest BCUT2D eigenvalue weighted by molar-refractivity contribution is 6.42. The summed E-state index contributed by atoms with van der Waals surface area (Å²) >= 11 is 17.0. The van der Waals surface area contributed by atoms with Gasteiger partial charge in [-0.25, -0.2) is 0 Å². The molecule has 2 nitrogen and oxygen atoms in total. The third-order valence-electron chi connectivity index (χ3n) is 2.49. The Morgan fingerprint density at radius 2 is 1.71 bits per heavy atom. The van der Waals surface area contributed by atoms with Gasteiger partial charge in [-0.3, -0.25) is 0 Å². The number of halogens is 3. The fraction of sp³-hybridized carbons (Fsp3) is 0.125. The molecule has 0 aliphatic heterocycles. The molecule has 0 spiro atoms. The molecule has 0 atom stereocenters. The zero-order valence-electron chi connectivity index (χ0n) is 11.2. The van der Waals surface area contributed by atoms with E-state index in [9.17, 15) is 0 Å². The molecule has 0 saturated heterocycles. The number of hydrogen-bond donors (Lipinski definition) is 2. The van der Waals surface area contributed by atoms with E-state index < -0.39 is 0 Å². The molecular weight excluding hydrogens is 331 g/mol. The second-order valence-electron chi connectivity index (χ2n) is 4.29. The molecule has 2 rings (SSSR count). The first-order valence-corrected chi connectivity index (χ1v) is 7.27. The lowest BCUT2D eigenvalue weighted by molar-refractivity contribution is 0.391. The molecule has 0 saturated carbocycles. The predicted molar refractivity (Wildman–Crippen MR) is 89.7 cm³/mol. The fourth-order valence-corrected chi connectivity index (χ4v) is 1.97. The van der Waals surface area contributed by atoms with E-state index in [0.29, 0.717) is 21.5 Å². The molecule has 2 aromatic carbocycles. The molecule has 5 heteroatoms. The van der Waals surface area contributed by atoms with Crippen molar-refractivity contribution in [2.24, 2.45) is 0 Å². The number of aliphatic hydroxyl groups excluding tert-OH is 1. The summed E-state index contributed by atoms with van der Waals surface area (Å²) in [5.41, 5.74) is 1.05. The summed E-state index contributed by atoms with van der Waals surface area (Å²) in [4.78, 5) is 0. The van der Waals surface area contributed by atoms with Crippen LogP contribution in [0.4, 0.5) is 0 Å². The molecule has 0 heterocycles. The van der Waals surface area contributed by atoms with Crippen molar-refractivity contribution in [2.45, 2.75) is 12.8 Å². The number of allylic oxidation sites excluding steroid dienone is 1. The van der Waals surface area contributed by atoms with Crippen LogP contribution in [0.3, 0.4) is 0 Å². The zero-order valence-corrected chi connectivity index (χ0v) is 13.5. The Morgan fingerprint density at radius 1 is 1.00 bits per heavy atom. The maximum atomic E-state index is 8.88. The molecule has 0 aliphatic rings. The van der Waals surface area contributed by atoms with Crippen LogP contribution in [0.5, 0.6) is 5.75 Å². The Hall–Kier alpha value is -1.35. The van der Waals surface area contributed by atoms with Crippen LogP contribution in [0.15, 0.2) is 54.8 Å². The van der Waals surface area contributed by atoms with Gasteiger partial charge in [0.15, 0.2) is 0 Å². The second-order valence-corrected chi connectivity index (χ2v) is 5.55. The smallest absolute Gasteiger partial charge is 0.117 e. The van der Waals surface area contributed by atoms with E-state index in [4.69, 9.17) is 45.0 Å². The Bertz CT molecular complexity index is 595. The summed E-state index contributed by atoms with van der Waals surface area (Å²) in [5, 5.41) is 19.3. The Kier molecular flexibility index (Phi) is 7.44. The van der Waals surface area contributed by atoms with E-state index in [-0.39, 0.29) is 11.5 Å². The molecule has 0 aliphatic carbocycles. The lowest BCUT2D eigenvalue weighted by atomic mass is 10.1. The number of hydrogen-bond acceptors (Lipinski definition) is 2. The molecule has 0 aromatic heterocycles. The van der Waals surface area contributed by atoms with Crippen LogP contribution in [0.2, 0.25) is 15.1 Å². The number of aryl methyl sites for hydroxylation is 1. The van der Waals surface area contributed by atoms with Crippen LogP contribution >= 0.6 is 34.8 Å². The third kappa shape index (κ3) is 7.28. The number of phenolic OH excluding ortho intramolecular Hbond substituents is 1. The summed E-state index contributed by atoms with van der Waals surface area (Å²) in [5.74, 6) is 0.392. The first-order valence-electron chi connectivity index (χ1n) is 6.13. The van der Waals surface area contributed by atoms with Crippen LogP contribution in [-0.2, 0) is 6.42 Å². The third-order valence-corrected chi connectivity index (χ3v) is 3.47. The van der Waals surface area contributed by atoms with Crippen molar-refractivity contribution < 1.29 is 10.2 Å². The van der Waals surface area contributed by atoms with Crippen LogP contribution < -0.4 is 0 Å². The van der Waals surface area contributed by atoms with Crippen molar-refractivity contribution in [3.8, 4) is 5.75 Å². The number of aliphatic hydroxyl groups is 1. The fourth-order valence-electron chi connectivity index (χ4n) is 1.46. The quantitative estimate of drug-likeness (QED) is 0.665. The highest BCUT2D eigenvalue weighted by Crippen LogP contribution is 2.23. The van der Waals surface area contributed by atoms with Crippen molar-refractivity contribution >= 4 is 34.8 Å². The van der Waals surface area contributed by atoms with Gasteiger partial charge in [0.2, 0.25) is 0 Å². The number of phenols is 1. The van der Waals surface area contributed by atoms with Gasteiger partial charge < -0.3 is 10.2 Å². The molecule has 0 radical (unpaired) electrons. The van der Waals surface area contributed by atoms with Crippen molar-refractivity contribution in [2.75, 3.05) is 0 Å². The minimum atomic E-state index is 0.186. The van der Waals surface area contributed by atoms with Crippen LogP contribution in [0.1, 0.15) is 12.0 Å². The lowest BCUT2D eigenvalue weighted by Crippen LogP contribution is -1.87. The zero-order chi connectivity index (χ0) is 15.8. The normalized spacial score (nSPS) is 9.67. The maximum Gasteiger partial charge on any atom is 0.117 e. The number of aromatic hydroxyl groups is 1. The standard InChI is InChI=1S/C10H10Cl2O.C6H5ClO/c1-7(13)2-3-8-4-5-9(11)10(12)6-8;7-5-2-1-3-6(8)4-5/h4-6,13H,1-3H2;1-4,8H. The molecule has 0 unspecified atom stereocenters. The topological polar surface area (TPSA) is 40.5 Å². The minimum Gasteiger partial charge on any atom is -0.513 e. The Morgan fingerprint density at radius 3 is 2.19 bits per heavy atom. The second kappa shape index (κ2) is 8.83. The van der Waals surface area contributed by atoms with E-state index in [0.717, 1.165) is 12.0 Å². The molecule has 2 aromatic rings.